The minimum absolute atomic E-state index is 0.0373. The van der Waals surface area contributed by atoms with Crippen molar-refractivity contribution >= 4 is 27.9 Å². The zero-order valence-corrected chi connectivity index (χ0v) is 24.4. The van der Waals surface area contributed by atoms with Crippen molar-refractivity contribution in [1.82, 2.24) is 9.62 Å². The Morgan fingerprint density at radius 3 is 2.26 bits per heavy atom. The van der Waals surface area contributed by atoms with Gasteiger partial charge < -0.3 is 16.2 Å². The molecule has 2 bridgehead atoms. The number of carboxylic acid groups (broad SMARTS) is 1. The SMILES string of the molecule is CC(N)=NCCCC[C@@H](C(=O)O)N([C@@H](CC1CCCCC1)C(=O)N[C@H]1C[C@H]2CC[C@]1(C)C2(C)C)S(N)(=O)=O. The second-order valence-corrected chi connectivity index (χ2v) is 14.1. The topological polar surface area (TPSA) is 168 Å². The monoisotopic (exact) mass is 555 g/mol. The fourth-order valence-corrected chi connectivity index (χ4v) is 8.48. The van der Waals surface area contributed by atoms with Crippen LogP contribution in [0.4, 0.5) is 0 Å². The summed E-state index contributed by atoms with van der Waals surface area (Å²) >= 11 is 0. The van der Waals surface area contributed by atoms with Crippen molar-refractivity contribution in [2.24, 2.45) is 38.5 Å². The van der Waals surface area contributed by atoms with E-state index >= 15 is 0 Å². The van der Waals surface area contributed by atoms with Gasteiger partial charge in [-0.15, -0.1) is 0 Å². The van der Waals surface area contributed by atoms with Gasteiger partial charge in [0, 0.05) is 12.6 Å². The van der Waals surface area contributed by atoms with Crippen LogP contribution in [-0.2, 0) is 19.8 Å². The molecular formula is C27H49N5O5S. The Hall–Kier alpha value is -1.72. The number of carboxylic acids is 1. The van der Waals surface area contributed by atoms with Gasteiger partial charge in [-0.1, -0.05) is 52.9 Å². The minimum atomic E-state index is -4.50. The number of nitrogens with two attached hydrogens (primary N) is 2. The van der Waals surface area contributed by atoms with Gasteiger partial charge in [-0.05, 0) is 74.5 Å². The van der Waals surface area contributed by atoms with Crippen molar-refractivity contribution in [3.05, 3.63) is 0 Å². The van der Waals surface area contributed by atoms with E-state index in [-0.39, 0.29) is 35.6 Å². The molecule has 11 heteroatoms. The molecule has 5 atom stereocenters. The van der Waals surface area contributed by atoms with E-state index < -0.39 is 34.2 Å². The molecule has 0 aliphatic heterocycles. The maximum Gasteiger partial charge on any atom is 0.322 e. The summed E-state index contributed by atoms with van der Waals surface area (Å²) in [7, 11) is -4.50. The minimum Gasteiger partial charge on any atom is -0.480 e. The third kappa shape index (κ3) is 6.70. The van der Waals surface area contributed by atoms with Gasteiger partial charge in [0.05, 0.1) is 5.84 Å². The van der Waals surface area contributed by atoms with Crippen LogP contribution in [-0.4, -0.2) is 60.2 Å². The number of hydrogen-bond acceptors (Lipinski definition) is 5. The lowest BCUT2D eigenvalue weighted by molar-refractivity contribution is -0.143. The third-order valence-electron chi connectivity index (χ3n) is 10.1. The van der Waals surface area contributed by atoms with E-state index in [9.17, 15) is 23.1 Å². The summed E-state index contributed by atoms with van der Waals surface area (Å²) < 4.78 is 26.8. The second-order valence-electron chi connectivity index (χ2n) is 12.7. The van der Waals surface area contributed by atoms with Crippen molar-refractivity contribution in [2.45, 2.75) is 123 Å². The number of amides is 1. The Morgan fingerprint density at radius 1 is 1.11 bits per heavy atom. The van der Waals surface area contributed by atoms with Gasteiger partial charge in [0.1, 0.15) is 12.1 Å². The molecule has 1 amide bonds. The lowest BCUT2D eigenvalue weighted by Gasteiger charge is -2.41. The van der Waals surface area contributed by atoms with E-state index in [1.54, 1.807) is 6.92 Å². The molecule has 0 saturated heterocycles. The standard InChI is InChI=1S/C27H49N5O5S/c1-18(28)30-15-9-8-12-21(25(34)35)32(38(29,36)37)22(16-19-10-6-5-7-11-19)24(33)31-23-17-20-13-14-27(23,4)26(20,2)3/h19-23H,5-17H2,1-4H3,(H2,28,30)(H,31,33)(H,34,35)(H2,29,36,37)/t20-,21+,22+,23+,27+/m1/s1. The predicted octanol–water partition coefficient (Wildman–Crippen LogP) is 3.16. The smallest absolute Gasteiger partial charge is 0.322 e. The highest BCUT2D eigenvalue weighted by atomic mass is 32.2. The zero-order valence-electron chi connectivity index (χ0n) is 23.6. The fraction of sp³-hybridized carbons (Fsp3) is 0.889. The summed E-state index contributed by atoms with van der Waals surface area (Å²) in [5.41, 5.74) is 5.55. The molecule has 6 N–H and O–H groups in total. The third-order valence-corrected chi connectivity index (χ3v) is 11.2. The number of amidine groups is 1. The average Bonchev–Trinajstić information content (AvgIpc) is 3.15. The molecule has 3 rings (SSSR count). The summed E-state index contributed by atoms with van der Waals surface area (Å²) in [5, 5.41) is 19.0. The highest BCUT2D eigenvalue weighted by Gasteiger charge is 2.62. The van der Waals surface area contributed by atoms with Crippen LogP contribution in [0, 0.1) is 22.7 Å². The Kier molecular flexibility index (Phi) is 9.90. The second kappa shape index (κ2) is 12.2. The van der Waals surface area contributed by atoms with E-state index in [1.165, 1.54) is 0 Å². The molecule has 218 valence electrons. The molecule has 3 aliphatic rings. The molecule has 0 spiro atoms. The lowest BCUT2D eigenvalue weighted by Crippen LogP contribution is -2.60. The van der Waals surface area contributed by atoms with Gasteiger partial charge in [0.15, 0.2) is 0 Å². The Balaban J connectivity index is 1.87. The Labute approximate surface area is 228 Å². The highest BCUT2D eigenvalue weighted by Crippen LogP contribution is 2.65. The molecule has 3 saturated carbocycles. The molecule has 0 heterocycles. The number of carbonyl (C=O) groups excluding carboxylic acids is 1. The number of nitrogens with zero attached hydrogens (tertiary/aromatic N) is 2. The Morgan fingerprint density at radius 2 is 1.76 bits per heavy atom. The molecule has 0 aromatic heterocycles. The first-order valence-electron chi connectivity index (χ1n) is 14.3. The number of carbonyl (C=O) groups is 2. The van der Waals surface area contributed by atoms with Gasteiger partial charge in [0.2, 0.25) is 5.91 Å². The summed E-state index contributed by atoms with van der Waals surface area (Å²) in [4.78, 5) is 30.5. The number of hydrogen-bond donors (Lipinski definition) is 4. The number of nitrogens with one attached hydrogen (secondary N) is 1. The molecular weight excluding hydrogens is 506 g/mol. The summed E-state index contributed by atoms with van der Waals surface area (Å²) in [5.74, 6) is -0.643. The Bertz CT molecular complexity index is 990. The summed E-state index contributed by atoms with van der Waals surface area (Å²) in [6.07, 6.45) is 9.21. The van der Waals surface area contributed by atoms with Crippen molar-refractivity contribution in [1.29, 1.82) is 0 Å². The lowest BCUT2D eigenvalue weighted by atomic mass is 9.69. The van der Waals surface area contributed by atoms with E-state index in [0.717, 1.165) is 55.7 Å². The zero-order chi connectivity index (χ0) is 28.3. The van der Waals surface area contributed by atoms with Gasteiger partial charge in [-0.3, -0.25) is 14.6 Å². The van der Waals surface area contributed by atoms with Crippen molar-refractivity contribution in [2.75, 3.05) is 6.54 Å². The predicted molar refractivity (Wildman–Crippen MR) is 149 cm³/mol. The molecule has 0 aromatic carbocycles. The van der Waals surface area contributed by atoms with Crippen LogP contribution in [0.3, 0.4) is 0 Å². The quantitative estimate of drug-likeness (QED) is 0.155. The summed E-state index contributed by atoms with van der Waals surface area (Å²) in [6.45, 7) is 8.82. The maximum atomic E-state index is 14.0. The number of unbranched alkanes of at least 4 members (excludes halogenated alkanes) is 1. The van der Waals surface area contributed by atoms with Gasteiger partial charge in [-0.2, -0.15) is 12.7 Å². The molecule has 0 radical (unpaired) electrons. The number of rotatable bonds is 13. The number of aliphatic imine (C=N–C) groups is 1. The van der Waals surface area contributed by atoms with Crippen molar-refractivity contribution in [3.8, 4) is 0 Å². The van der Waals surface area contributed by atoms with Crippen LogP contribution >= 0.6 is 0 Å². The highest BCUT2D eigenvalue weighted by molar-refractivity contribution is 7.86. The molecule has 10 nitrogen and oxygen atoms in total. The largest absolute Gasteiger partial charge is 0.480 e. The van der Waals surface area contributed by atoms with Crippen molar-refractivity contribution < 1.29 is 23.1 Å². The van der Waals surface area contributed by atoms with E-state index in [1.807, 2.05) is 0 Å². The van der Waals surface area contributed by atoms with Crippen molar-refractivity contribution in [3.63, 3.8) is 0 Å². The first kappa shape index (κ1) is 30.8. The van der Waals surface area contributed by atoms with Crippen LogP contribution < -0.4 is 16.2 Å². The van der Waals surface area contributed by atoms with Crippen LogP contribution in [0.5, 0.6) is 0 Å². The van der Waals surface area contributed by atoms with Crippen LogP contribution in [0.15, 0.2) is 4.99 Å². The van der Waals surface area contributed by atoms with Gasteiger partial charge in [0.25, 0.3) is 10.2 Å². The molecule has 38 heavy (non-hydrogen) atoms. The normalized spacial score (nSPS) is 29.4. The molecule has 3 aliphatic carbocycles. The summed E-state index contributed by atoms with van der Waals surface area (Å²) in [6, 6.07) is -2.68. The molecule has 3 fully saturated rings. The fourth-order valence-electron chi connectivity index (χ4n) is 7.39. The van der Waals surface area contributed by atoms with E-state index in [4.69, 9.17) is 10.9 Å². The first-order chi connectivity index (χ1) is 17.7. The van der Waals surface area contributed by atoms with E-state index in [2.05, 4.69) is 31.1 Å². The molecule has 0 aromatic rings. The van der Waals surface area contributed by atoms with Gasteiger partial charge >= 0.3 is 5.97 Å². The van der Waals surface area contributed by atoms with E-state index in [0.29, 0.717) is 31.1 Å². The van der Waals surface area contributed by atoms with Crippen LogP contribution in [0.1, 0.15) is 105 Å². The van der Waals surface area contributed by atoms with Crippen LogP contribution in [0.2, 0.25) is 0 Å². The molecule has 0 unspecified atom stereocenters. The average molecular weight is 556 g/mol. The first-order valence-corrected chi connectivity index (χ1v) is 15.8. The van der Waals surface area contributed by atoms with Crippen LogP contribution in [0.25, 0.3) is 0 Å². The van der Waals surface area contributed by atoms with Gasteiger partial charge in [-0.25, -0.2) is 5.14 Å². The number of aliphatic carboxylic acids is 1. The number of fused-ring (bicyclic) bond motifs is 2. The maximum absolute atomic E-state index is 14.0.